The Morgan fingerprint density at radius 2 is 1.56 bits per heavy atom. The van der Waals surface area contributed by atoms with Crippen LogP contribution in [-0.4, -0.2) is 65.0 Å². The van der Waals surface area contributed by atoms with Crippen LogP contribution in [0.25, 0.3) is 0 Å². The van der Waals surface area contributed by atoms with Gasteiger partial charge in [-0.1, -0.05) is 12.1 Å². The normalized spacial score (nSPS) is 21.3. The van der Waals surface area contributed by atoms with Crippen molar-refractivity contribution in [3.05, 3.63) is 41.5 Å². The van der Waals surface area contributed by atoms with Crippen LogP contribution in [0.4, 0.5) is 0 Å². The van der Waals surface area contributed by atoms with E-state index in [4.69, 9.17) is 29.4 Å². The number of carbonyl (C=O) groups excluding carboxylic acids is 1. The molecule has 2 bridgehead atoms. The minimum atomic E-state index is -0.118. The molecule has 1 saturated heterocycles. The molecule has 0 radical (unpaired) electrons. The first kappa shape index (κ1) is 24.2. The molecule has 184 valence electrons. The summed E-state index contributed by atoms with van der Waals surface area (Å²) in [6.07, 6.45) is 3.16. The lowest BCUT2D eigenvalue weighted by molar-refractivity contribution is -0.0114. The number of hydrogen-bond acceptors (Lipinski definition) is 7. The Morgan fingerprint density at radius 3 is 2.09 bits per heavy atom. The van der Waals surface area contributed by atoms with E-state index in [2.05, 4.69) is 0 Å². The maximum atomic E-state index is 13.7. The summed E-state index contributed by atoms with van der Waals surface area (Å²) in [6, 6.07) is 9.36. The number of hydrogen-bond donors (Lipinski definition) is 1. The topological polar surface area (TPSA) is 92.5 Å². The zero-order chi connectivity index (χ0) is 24.2. The molecule has 1 saturated carbocycles. The van der Waals surface area contributed by atoms with E-state index < -0.39 is 0 Å². The molecule has 2 aromatic carbocycles. The maximum Gasteiger partial charge on any atom is 0.257 e. The standard InChI is InChI=1S/C26H34N2O6/c1-30-22-17-7-8-18(22)15-28(14-17)26(29)20-13-21(24(32-3)25(33-4)23(20)31-2)34-19-9-5-16(6-10-19)11-12-27/h5-6,9-10,13,17-18,22H,7-8,11-12,14-15,27H2,1-4H3/t17-,18+,22?. The predicted octanol–water partition coefficient (Wildman–Crippen LogP) is 3.50. The highest BCUT2D eigenvalue weighted by Gasteiger charge is 2.44. The summed E-state index contributed by atoms with van der Waals surface area (Å²) in [7, 11) is 6.33. The molecule has 34 heavy (non-hydrogen) atoms. The third-order valence-electron chi connectivity index (χ3n) is 6.89. The first-order valence-corrected chi connectivity index (χ1v) is 11.7. The number of likely N-dealkylation sites (tertiary alicyclic amines) is 1. The van der Waals surface area contributed by atoms with Crippen LogP contribution in [0, 0.1) is 11.8 Å². The second kappa shape index (κ2) is 10.5. The number of fused-ring (bicyclic) bond motifs is 2. The summed E-state index contributed by atoms with van der Waals surface area (Å²) in [5, 5.41) is 0. The number of rotatable bonds is 9. The fourth-order valence-corrected chi connectivity index (χ4v) is 5.33. The van der Waals surface area contributed by atoms with Crippen LogP contribution in [0.1, 0.15) is 28.8 Å². The van der Waals surface area contributed by atoms with Gasteiger partial charge in [0.2, 0.25) is 11.5 Å². The van der Waals surface area contributed by atoms with Crippen molar-refractivity contribution in [2.24, 2.45) is 17.6 Å². The molecule has 2 aromatic rings. The highest BCUT2D eigenvalue weighted by Crippen LogP contribution is 2.49. The first-order valence-electron chi connectivity index (χ1n) is 11.7. The van der Waals surface area contributed by atoms with Crippen LogP contribution in [0.15, 0.2) is 30.3 Å². The van der Waals surface area contributed by atoms with Crippen molar-refractivity contribution in [1.82, 2.24) is 4.90 Å². The monoisotopic (exact) mass is 470 g/mol. The van der Waals surface area contributed by atoms with Crippen LogP contribution in [0.3, 0.4) is 0 Å². The van der Waals surface area contributed by atoms with Crippen molar-refractivity contribution in [2.75, 3.05) is 48.1 Å². The minimum absolute atomic E-state index is 0.118. The fraction of sp³-hybridized carbons (Fsp3) is 0.500. The van der Waals surface area contributed by atoms with Crippen molar-refractivity contribution in [2.45, 2.75) is 25.4 Å². The Morgan fingerprint density at radius 1 is 0.941 bits per heavy atom. The Bertz CT molecular complexity index is 995. The van der Waals surface area contributed by atoms with E-state index in [1.165, 1.54) is 21.3 Å². The van der Waals surface area contributed by atoms with Gasteiger partial charge < -0.3 is 34.3 Å². The number of carbonyl (C=O) groups is 1. The Balaban J connectivity index is 1.68. The van der Waals surface area contributed by atoms with Gasteiger partial charge in [-0.2, -0.15) is 0 Å². The number of ether oxygens (including phenoxy) is 5. The molecule has 1 heterocycles. The molecule has 2 aliphatic rings. The minimum Gasteiger partial charge on any atom is -0.492 e. The van der Waals surface area contributed by atoms with Gasteiger partial charge in [0.05, 0.1) is 33.0 Å². The molecule has 8 nitrogen and oxygen atoms in total. The summed E-state index contributed by atoms with van der Waals surface area (Å²) in [6.45, 7) is 1.90. The van der Waals surface area contributed by atoms with Crippen LogP contribution in [0.2, 0.25) is 0 Å². The van der Waals surface area contributed by atoms with E-state index in [1.54, 1.807) is 13.2 Å². The van der Waals surface area contributed by atoms with Gasteiger partial charge in [0.25, 0.3) is 5.91 Å². The fourth-order valence-electron chi connectivity index (χ4n) is 5.33. The van der Waals surface area contributed by atoms with E-state index in [9.17, 15) is 4.79 Å². The zero-order valence-electron chi connectivity index (χ0n) is 20.3. The average molecular weight is 471 g/mol. The van der Waals surface area contributed by atoms with E-state index in [0.29, 0.717) is 65.8 Å². The van der Waals surface area contributed by atoms with Gasteiger partial charge in [0.1, 0.15) is 5.75 Å². The second-order valence-corrected chi connectivity index (χ2v) is 8.81. The lowest BCUT2D eigenvalue weighted by Gasteiger charge is -2.37. The molecule has 0 spiro atoms. The molecule has 1 amide bonds. The summed E-state index contributed by atoms with van der Waals surface area (Å²) in [4.78, 5) is 15.6. The first-order chi connectivity index (χ1) is 16.5. The van der Waals surface area contributed by atoms with E-state index >= 15 is 0 Å². The van der Waals surface area contributed by atoms with Gasteiger partial charge in [-0.05, 0) is 43.5 Å². The molecule has 2 fully saturated rings. The van der Waals surface area contributed by atoms with Crippen LogP contribution < -0.4 is 24.7 Å². The molecule has 2 N–H and O–H groups in total. The third kappa shape index (κ3) is 4.52. The zero-order valence-corrected chi connectivity index (χ0v) is 20.3. The van der Waals surface area contributed by atoms with Crippen LogP contribution >= 0.6 is 0 Å². The Labute approximate surface area is 200 Å². The van der Waals surface area contributed by atoms with Gasteiger partial charge in [0.15, 0.2) is 11.5 Å². The summed E-state index contributed by atoms with van der Waals surface area (Å²) >= 11 is 0. The molecule has 1 unspecified atom stereocenters. The van der Waals surface area contributed by atoms with Crippen molar-refractivity contribution < 1.29 is 28.5 Å². The van der Waals surface area contributed by atoms with Gasteiger partial charge >= 0.3 is 0 Å². The van der Waals surface area contributed by atoms with E-state index in [-0.39, 0.29) is 12.0 Å². The molecule has 3 atom stereocenters. The van der Waals surface area contributed by atoms with Gasteiger partial charge in [0, 0.05) is 38.1 Å². The lowest BCUT2D eigenvalue weighted by atomic mass is 9.94. The summed E-state index contributed by atoms with van der Waals surface area (Å²) in [5.74, 6) is 2.58. The molecule has 4 rings (SSSR count). The van der Waals surface area contributed by atoms with Crippen molar-refractivity contribution >= 4 is 5.91 Å². The van der Waals surface area contributed by atoms with Crippen molar-refractivity contribution in [3.8, 4) is 28.7 Å². The highest BCUT2D eigenvalue weighted by molar-refractivity contribution is 5.99. The van der Waals surface area contributed by atoms with Gasteiger partial charge in [-0.15, -0.1) is 0 Å². The number of nitrogens with zero attached hydrogens (tertiary/aromatic N) is 1. The molecule has 1 aliphatic carbocycles. The number of nitrogens with two attached hydrogens (primary N) is 1. The van der Waals surface area contributed by atoms with E-state index in [0.717, 1.165) is 24.8 Å². The Hall–Kier alpha value is -2.97. The largest absolute Gasteiger partial charge is 0.492 e. The SMILES string of the molecule is COc1c(Oc2ccc(CCN)cc2)cc(C(=O)N2C[C@H]3CC[C@@H](C2)C3OC)c(OC)c1OC. The number of piperidine rings is 1. The lowest BCUT2D eigenvalue weighted by Crippen LogP contribution is -2.48. The van der Waals surface area contributed by atoms with Crippen molar-refractivity contribution in [3.63, 3.8) is 0 Å². The smallest absolute Gasteiger partial charge is 0.257 e. The third-order valence-corrected chi connectivity index (χ3v) is 6.89. The van der Waals surface area contributed by atoms with Crippen LogP contribution in [0.5, 0.6) is 28.7 Å². The number of methoxy groups -OCH3 is 4. The molecule has 8 heteroatoms. The summed E-state index contributed by atoms with van der Waals surface area (Å²) < 4.78 is 28.7. The summed E-state index contributed by atoms with van der Waals surface area (Å²) in [5.41, 5.74) is 7.15. The predicted molar refractivity (Wildman–Crippen MR) is 128 cm³/mol. The van der Waals surface area contributed by atoms with Crippen molar-refractivity contribution in [1.29, 1.82) is 0 Å². The Kier molecular flexibility index (Phi) is 7.48. The quantitative estimate of drug-likeness (QED) is 0.600. The molecular weight excluding hydrogens is 436 g/mol. The van der Waals surface area contributed by atoms with Gasteiger partial charge in [-0.25, -0.2) is 0 Å². The molecule has 0 aromatic heterocycles. The average Bonchev–Trinajstić information content (AvgIpc) is 3.11. The molecular formula is C26H34N2O6. The highest BCUT2D eigenvalue weighted by atomic mass is 16.5. The molecule has 1 aliphatic heterocycles. The van der Waals surface area contributed by atoms with Crippen LogP contribution in [-0.2, 0) is 11.2 Å². The van der Waals surface area contributed by atoms with Gasteiger partial charge in [-0.3, -0.25) is 4.79 Å². The second-order valence-electron chi connectivity index (χ2n) is 8.81. The maximum absolute atomic E-state index is 13.7. The van der Waals surface area contributed by atoms with E-state index in [1.807, 2.05) is 29.2 Å². The number of benzene rings is 2. The number of amides is 1.